The van der Waals surface area contributed by atoms with Gasteiger partial charge in [0, 0.05) is 0 Å². The molecule has 0 radical (unpaired) electrons. The van der Waals surface area contributed by atoms with Crippen molar-refractivity contribution >= 4 is 38.7 Å². The number of hydrogen-bond donors (Lipinski definition) is 1. The normalized spacial score (nSPS) is 10.3. The van der Waals surface area contributed by atoms with Crippen LogP contribution in [0.3, 0.4) is 0 Å². The van der Waals surface area contributed by atoms with Crippen LogP contribution in [0.25, 0.3) is 10.1 Å². The Balaban J connectivity index is 2.75. The highest BCUT2D eigenvalue weighted by atomic mass is 35.5. The Morgan fingerprint density at radius 3 is 3.07 bits per heavy atom. The van der Waals surface area contributed by atoms with Crippen molar-refractivity contribution in [2.75, 3.05) is 5.73 Å². The quantitative estimate of drug-likeness (QED) is 0.754. The van der Waals surface area contributed by atoms with Gasteiger partial charge in [0.15, 0.2) is 0 Å². The van der Waals surface area contributed by atoms with E-state index in [1.165, 1.54) is 0 Å². The van der Waals surface area contributed by atoms with Crippen LogP contribution >= 0.6 is 22.9 Å². The van der Waals surface area contributed by atoms with Gasteiger partial charge >= 0.3 is 0 Å². The molecule has 14 heavy (non-hydrogen) atoms. The minimum Gasteiger partial charge on any atom is -0.396 e. The molecule has 0 aliphatic heterocycles. The molecule has 2 N–H and O–H groups in total. The van der Waals surface area contributed by atoms with Gasteiger partial charge in [-0.15, -0.1) is 11.3 Å². The number of nitriles is 1. The van der Waals surface area contributed by atoms with Crippen molar-refractivity contribution in [3.05, 3.63) is 28.1 Å². The highest BCUT2D eigenvalue weighted by Gasteiger charge is 2.09. The van der Waals surface area contributed by atoms with Crippen molar-refractivity contribution in [2.45, 2.75) is 6.42 Å². The van der Waals surface area contributed by atoms with E-state index < -0.39 is 0 Å². The highest BCUT2D eigenvalue weighted by molar-refractivity contribution is 7.17. The summed E-state index contributed by atoms with van der Waals surface area (Å²) in [5.74, 6) is 0. The van der Waals surface area contributed by atoms with Crippen molar-refractivity contribution in [2.24, 2.45) is 0 Å². The smallest absolute Gasteiger partial charge is 0.0692 e. The number of benzene rings is 1. The molecular formula is C10H7ClN2S. The first-order valence-corrected chi connectivity index (χ1v) is 5.31. The number of nitrogens with two attached hydrogens (primary N) is 1. The van der Waals surface area contributed by atoms with E-state index in [2.05, 4.69) is 6.07 Å². The largest absolute Gasteiger partial charge is 0.396 e. The average molecular weight is 223 g/mol. The molecule has 0 saturated carbocycles. The maximum absolute atomic E-state index is 8.61. The van der Waals surface area contributed by atoms with Gasteiger partial charge in [-0.1, -0.05) is 11.6 Å². The van der Waals surface area contributed by atoms with E-state index in [1.807, 2.05) is 17.5 Å². The second-order valence-corrected chi connectivity index (χ2v) is 4.23. The molecule has 2 aromatic rings. The van der Waals surface area contributed by atoms with Crippen LogP contribution in [-0.4, -0.2) is 0 Å². The predicted molar refractivity (Wildman–Crippen MR) is 60.6 cm³/mol. The molecule has 0 spiro atoms. The summed E-state index contributed by atoms with van der Waals surface area (Å²) >= 11 is 7.60. The van der Waals surface area contributed by atoms with Gasteiger partial charge in [0.05, 0.1) is 27.9 Å². The lowest BCUT2D eigenvalue weighted by Gasteiger charge is -2.04. The molecule has 0 bridgehead atoms. The second kappa shape index (κ2) is 3.49. The number of anilines is 1. The number of fused-ring (bicyclic) bond motifs is 1. The van der Waals surface area contributed by atoms with E-state index in [-0.39, 0.29) is 0 Å². The summed E-state index contributed by atoms with van der Waals surface area (Å²) in [7, 11) is 0. The Bertz CT molecular complexity index is 525. The molecule has 0 saturated heterocycles. The average Bonchev–Trinajstić information content (AvgIpc) is 2.62. The molecule has 1 aromatic heterocycles. The molecule has 0 aliphatic rings. The SMILES string of the molecule is N#CCc1cc2ccsc2c(N)c1Cl. The van der Waals surface area contributed by atoms with Crippen LogP contribution in [0.5, 0.6) is 0 Å². The van der Waals surface area contributed by atoms with Crippen molar-refractivity contribution in [1.29, 1.82) is 5.26 Å². The molecule has 0 atom stereocenters. The van der Waals surface area contributed by atoms with Crippen LogP contribution in [0.4, 0.5) is 5.69 Å². The number of rotatable bonds is 1. The number of hydrogen-bond acceptors (Lipinski definition) is 3. The first-order valence-electron chi connectivity index (χ1n) is 4.05. The third kappa shape index (κ3) is 1.33. The van der Waals surface area contributed by atoms with Gasteiger partial charge in [-0.25, -0.2) is 0 Å². The van der Waals surface area contributed by atoms with E-state index >= 15 is 0 Å². The summed E-state index contributed by atoms with van der Waals surface area (Å²) in [5, 5.41) is 12.1. The molecule has 0 amide bonds. The van der Waals surface area contributed by atoms with E-state index in [4.69, 9.17) is 22.6 Å². The van der Waals surface area contributed by atoms with Crippen LogP contribution in [0.15, 0.2) is 17.5 Å². The summed E-state index contributed by atoms with van der Waals surface area (Å²) in [6.07, 6.45) is 0.300. The Morgan fingerprint density at radius 2 is 2.36 bits per heavy atom. The molecule has 0 aliphatic carbocycles. The molecule has 2 nitrogen and oxygen atoms in total. The van der Waals surface area contributed by atoms with Crippen LogP contribution in [0, 0.1) is 11.3 Å². The molecule has 0 fully saturated rings. The van der Waals surface area contributed by atoms with Crippen LogP contribution < -0.4 is 5.73 Å². The number of thiophene rings is 1. The fourth-order valence-electron chi connectivity index (χ4n) is 1.39. The minimum atomic E-state index is 0.300. The van der Waals surface area contributed by atoms with Crippen molar-refractivity contribution in [3.8, 4) is 6.07 Å². The summed E-state index contributed by atoms with van der Waals surface area (Å²) in [6, 6.07) is 5.98. The van der Waals surface area contributed by atoms with Gasteiger partial charge < -0.3 is 5.73 Å². The summed E-state index contributed by atoms with van der Waals surface area (Å²) < 4.78 is 0.997. The molecular weight excluding hydrogens is 216 g/mol. The van der Waals surface area contributed by atoms with Gasteiger partial charge in [-0.05, 0) is 28.5 Å². The Morgan fingerprint density at radius 1 is 1.57 bits per heavy atom. The van der Waals surface area contributed by atoms with Crippen LogP contribution in [0.2, 0.25) is 5.02 Å². The topological polar surface area (TPSA) is 49.8 Å². The summed E-state index contributed by atoms with van der Waals surface area (Å²) in [4.78, 5) is 0. The zero-order valence-corrected chi connectivity index (χ0v) is 8.82. The monoisotopic (exact) mass is 222 g/mol. The van der Waals surface area contributed by atoms with E-state index in [0.717, 1.165) is 15.6 Å². The highest BCUT2D eigenvalue weighted by Crippen LogP contribution is 2.35. The maximum atomic E-state index is 8.61. The van der Waals surface area contributed by atoms with Gasteiger partial charge in [0.2, 0.25) is 0 Å². The molecule has 1 heterocycles. The zero-order chi connectivity index (χ0) is 10.1. The summed E-state index contributed by atoms with van der Waals surface area (Å²) in [6.45, 7) is 0. The third-order valence-corrected chi connectivity index (χ3v) is 3.47. The van der Waals surface area contributed by atoms with Crippen molar-refractivity contribution in [3.63, 3.8) is 0 Å². The molecule has 70 valence electrons. The second-order valence-electron chi connectivity index (χ2n) is 2.94. The lowest BCUT2D eigenvalue weighted by Crippen LogP contribution is -1.91. The first-order chi connectivity index (χ1) is 6.74. The van der Waals surface area contributed by atoms with Crippen LogP contribution in [0.1, 0.15) is 5.56 Å². The van der Waals surface area contributed by atoms with Crippen molar-refractivity contribution in [1.82, 2.24) is 0 Å². The lowest BCUT2D eigenvalue weighted by atomic mass is 10.1. The number of nitrogen functional groups attached to an aromatic ring is 1. The zero-order valence-electron chi connectivity index (χ0n) is 7.25. The van der Waals surface area contributed by atoms with Gasteiger partial charge in [-0.3, -0.25) is 0 Å². The molecule has 4 heteroatoms. The Hall–Kier alpha value is -1.24. The standard InChI is InChI=1S/C10H7ClN2S/c11-8-6(1-3-12)5-7-2-4-14-10(7)9(8)13/h2,4-5H,1,13H2. The number of nitrogens with zero attached hydrogens (tertiary/aromatic N) is 1. The third-order valence-electron chi connectivity index (χ3n) is 2.06. The van der Waals surface area contributed by atoms with E-state index in [9.17, 15) is 0 Å². The first kappa shape index (κ1) is 9.32. The van der Waals surface area contributed by atoms with Gasteiger partial charge in [0.25, 0.3) is 0 Å². The predicted octanol–water partition coefficient (Wildman–Crippen LogP) is 3.20. The molecule has 1 aromatic carbocycles. The number of halogens is 1. The van der Waals surface area contributed by atoms with Gasteiger partial charge in [-0.2, -0.15) is 5.26 Å². The van der Waals surface area contributed by atoms with Gasteiger partial charge in [0.1, 0.15) is 0 Å². The van der Waals surface area contributed by atoms with E-state index in [0.29, 0.717) is 17.1 Å². The fraction of sp³-hybridized carbons (Fsp3) is 0.100. The molecule has 0 unspecified atom stereocenters. The maximum Gasteiger partial charge on any atom is 0.0692 e. The van der Waals surface area contributed by atoms with Crippen LogP contribution in [-0.2, 0) is 6.42 Å². The Kier molecular flexibility index (Phi) is 2.32. The van der Waals surface area contributed by atoms with E-state index in [1.54, 1.807) is 11.3 Å². The summed E-state index contributed by atoms with van der Waals surface area (Å²) in [5.41, 5.74) is 7.25. The Labute approximate surface area is 90.5 Å². The van der Waals surface area contributed by atoms with Crippen molar-refractivity contribution < 1.29 is 0 Å². The molecule has 2 rings (SSSR count). The minimum absolute atomic E-state index is 0.300. The lowest BCUT2D eigenvalue weighted by molar-refractivity contribution is 1.27. The fourth-order valence-corrected chi connectivity index (χ4v) is 2.50.